The number of rotatable bonds is 2. The van der Waals surface area contributed by atoms with Crippen molar-refractivity contribution in [3.05, 3.63) is 29.8 Å². The van der Waals surface area contributed by atoms with Crippen LogP contribution in [0.3, 0.4) is 0 Å². The van der Waals surface area contributed by atoms with Crippen molar-refractivity contribution in [3.8, 4) is 0 Å². The molecule has 0 heterocycles. The molecule has 0 unspecified atom stereocenters. The Morgan fingerprint density at radius 1 is 1.11 bits per heavy atom. The summed E-state index contributed by atoms with van der Waals surface area (Å²) >= 11 is 5.42. The van der Waals surface area contributed by atoms with Gasteiger partial charge >= 0.3 is 0 Å². The molecule has 1 aromatic rings. The maximum atomic E-state index is 5.42. The Labute approximate surface area is 122 Å². The molecular weight excluding hydrogens is 252 g/mol. The van der Waals surface area contributed by atoms with Crippen molar-refractivity contribution in [2.75, 3.05) is 5.32 Å². The number of anilines is 1. The summed E-state index contributed by atoms with van der Waals surface area (Å²) in [6.45, 7) is 2.09. The van der Waals surface area contributed by atoms with Gasteiger partial charge in [0.05, 0.1) is 0 Å². The second-order valence-electron chi connectivity index (χ2n) is 5.51. The van der Waals surface area contributed by atoms with Crippen LogP contribution in [0, 0.1) is 6.92 Å². The van der Waals surface area contributed by atoms with Crippen LogP contribution >= 0.6 is 12.2 Å². The van der Waals surface area contributed by atoms with Gasteiger partial charge in [0.2, 0.25) is 0 Å². The van der Waals surface area contributed by atoms with Crippen molar-refractivity contribution in [1.29, 1.82) is 0 Å². The Morgan fingerprint density at radius 3 is 2.47 bits per heavy atom. The van der Waals surface area contributed by atoms with E-state index in [4.69, 9.17) is 12.2 Å². The molecule has 104 valence electrons. The summed E-state index contributed by atoms with van der Waals surface area (Å²) in [5.41, 5.74) is 2.32. The topological polar surface area (TPSA) is 24.1 Å². The van der Waals surface area contributed by atoms with Crippen molar-refractivity contribution >= 4 is 23.0 Å². The largest absolute Gasteiger partial charge is 0.360 e. The molecule has 0 aromatic heterocycles. The minimum Gasteiger partial charge on any atom is -0.360 e. The number of hydrogen-bond donors (Lipinski definition) is 2. The monoisotopic (exact) mass is 276 g/mol. The highest BCUT2D eigenvalue weighted by atomic mass is 32.1. The van der Waals surface area contributed by atoms with Crippen LogP contribution in [0.2, 0.25) is 0 Å². The fourth-order valence-corrected chi connectivity index (χ4v) is 2.96. The number of hydrogen-bond acceptors (Lipinski definition) is 1. The predicted octanol–water partition coefficient (Wildman–Crippen LogP) is 4.39. The molecule has 0 radical (unpaired) electrons. The average molecular weight is 276 g/mol. The molecule has 0 saturated heterocycles. The molecule has 0 bridgehead atoms. The Hall–Kier alpha value is -1.09. The molecule has 1 aromatic carbocycles. The van der Waals surface area contributed by atoms with Crippen molar-refractivity contribution in [2.45, 2.75) is 57.9 Å². The first kappa shape index (κ1) is 14.3. The number of benzene rings is 1. The number of thiocarbonyl (C=S) groups is 1. The summed E-state index contributed by atoms with van der Waals surface area (Å²) in [6.07, 6.45) is 9.28. The van der Waals surface area contributed by atoms with Crippen molar-refractivity contribution < 1.29 is 0 Å². The van der Waals surface area contributed by atoms with E-state index in [1.807, 2.05) is 0 Å². The van der Waals surface area contributed by atoms with Gasteiger partial charge in [-0.25, -0.2) is 0 Å². The third-order valence-electron chi connectivity index (χ3n) is 3.72. The van der Waals surface area contributed by atoms with Gasteiger partial charge < -0.3 is 10.6 Å². The Balaban J connectivity index is 1.82. The summed E-state index contributed by atoms with van der Waals surface area (Å²) < 4.78 is 0. The summed E-state index contributed by atoms with van der Waals surface area (Å²) in [6, 6.07) is 8.86. The minimum atomic E-state index is 0.546. The Bertz CT molecular complexity index is 409. The number of nitrogens with one attached hydrogen (secondary N) is 2. The van der Waals surface area contributed by atoms with Gasteiger partial charge in [-0.05, 0) is 49.7 Å². The molecule has 1 saturated carbocycles. The molecule has 0 amide bonds. The second kappa shape index (κ2) is 7.49. The van der Waals surface area contributed by atoms with Crippen LogP contribution in [0.4, 0.5) is 5.69 Å². The van der Waals surface area contributed by atoms with Gasteiger partial charge in [-0.1, -0.05) is 44.2 Å². The van der Waals surface area contributed by atoms with Gasteiger partial charge in [0.25, 0.3) is 0 Å². The van der Waals surface area contributed by atoms with Crippen LogP contribution in [-0.2, 0) is 0 Å². The molecule has 3 heteroatoms. The van der Waals surface area contributed by atoms with E-state index in [1.54, 1.807) is 0 Å². The van der Waals surface area contributed by atoms with E-state index in [2.05, 4.69) is 41.8 Å². The minimum absolute atomic E-state index is 0.546. The van der Waals surface area contributed by atoms with Gasteiger partial charge in [-0.2, -0.15) is 0 Å². The van der Waals surface area contributed by atoms with Crippen LogP contribution in [-0.4, -0.2) is 11.2 Å². The van der Waals surface area contributed by atoms with E-state index in [9.17, 15) is 0 Å². The standard InChI is InChI=1S/C16H24N2S/c1-13-8-7-11-15(12-13)18-16(19)17-14-9-5-3-2-4-6-10-14/h7-8,11-12,14H,2-6,9-10H2,1H3,(H2,17,18,19). The first-order valence-electron chi connectivity index (χ1n) is 7.38. The quantitative estimate of drug-likeness (QED) is 0.783. The molecule has 2 nitrogen and oxygen atoms in total. The highest BCUT2D eigenvalue weighted by Gasteiger charge is 2.12. The highest BCUT2D eigenvalue weighted by molar-refractivity contribution is 7.80. The van der Waals surface area contributed by atoms with E-state index in [0.717, 1.165) is 10.8 Å². The highest BCUT2D eigenvalue weighted by Crippen LogP contribution is 2.17. The second-order valence-corrected chi connectivity index (χ2v) is 5.92. The van der Waals surface area contributed by atoms with E-state index in [-0.39, 0.29) is 0 Å². The zero-order valence-electron chi connectivity index (χ0n) is 11.7. The molecule has 0 aliphatic heterocycles. The third kappa shape index (κ3) is 5.19. The van der Waals surface area contributed by atoms with Gasteiger partial charge in [0.15, 0.2) is 5.11 Å². The maximum absolute atomic E-state index is 5.42. The summed E-state index contributed by atoms with van der Waals surface area (Å²) in [4.78, 5) is 0. The smallest absolute Gasteiger partial charge is 0.170 e. The van der Waals surface area contributed by atoms with E-state index in [0.29, 0.717) is 6.04 Å². The maximum Gasteiger partial charge on any atom is 0.170 e. The normalized spacial score (nSPS) is 17.3. The van der Waals surface area contributed by atoms with Gasteiger partial charge in [-0.15, -0.1) is 0 Å². The van der Waals surface area contributed by atoms with Crippen LogP contribution in [0.1, 0.15) is 50.5 Å². The number of aryl methyl sites for hydroxylation is 1. The van der Waals surface area contributed by atoms with Crippen LogP contribution in [0.15, 0.2) is 24.3 Å². The summed E-state index contributed by atoms with van der Waals surface area (Å²) in [5, 5.41) is 7.52. The van der Waals surface area contributed by atoms with Crippen LogP contribution in [0.25, 0.3) is 0 Å². The summed E-state index contributed by atoms with van der Waals surface area (Å²) in [7, 11) is 0. The SMILES string of the molecule is Cc1cccc(NC(=S)NC2CCCCCCC2)c1. The van der Waals surface area contributed by atoms with Gasteiger partial charge in [0.1, 0.15) is 0 Å². The third-order valence-corrected chi connectivity index (χ3v) is 3.94. The molecule has 2 rings (SSSR count). The fraction of sp³-hybridized carbons (Fsp3) is 0.562. The van der Waals surface area contributed by atoms with Crippen LogP contribution < -0.4 is 10.6 Å². The van der Waals surface area contributed by atoms with Gasteiger partial charge in [0, 0.05) is 11.7 Å². The molecule has 1 aliphatic rings. The lowest BCUT2D eigenvalue weighted by Crippen LogP contribution is -2.38. The fourth-order valence-electron chi connectivity index (χ4n) is 2.68. The van der Waals surface area contributed by atoms with E-state index < -0.39 is 0 Å². The zero-order valence-corrected chi connectivity index (χ0v) is 12.6. The molecule has 1 aliphatic carbocycles. The first-order chi connectivity index (χ1) is 9.24. The molecule has 0 spiro atoms. The molecule has 1 fully saturated rings. The first-order valence-corrected chi connectivity index (χ1v) is 7.79. The summed E-state index contributed by atoms with van der Waals surface area (Å²) in [5.74, 6) is 0. The van der Waals surface area contributed by atoms with Crippen molar-refractivity contribution in [2.24, 2.45) is 0 Å². The molecule has 19 heavy (non-hydrogen) atoms. The molecular formula is C16H24N2S. The lowest BCUT2D eigenvalue weighted by atomic mass is 9.97. The lowest BCUT2D eigenvalue weighted by molar-refractivity contribution is 0.430. The Morgan fingerprint density at radius 2 is 1.79 bits per heavy atom. The molecule has 0 atom stereocenters. The van der Waals surface area contributed by atoms with Crippen molar-refractivity contribution in [1.82, 2.24) is 5.32 Å². The van der Waals surface area contributed by atoms with Crippen LogP contribution in [0.5, 0.6) is 0 Å². The zero-order chi connectivity index (χ0) is 13.5. The predicted molar refractivity (Wildman–Crippen MR) is 86.6 cm³/mol. The van der Waals surface area contributed by atoms with E-state index in [1.165, 1.54) is 50.5 Å². The molecule has 2 N–H and O–H groups in total. The van der Waals surface area contributed by atoms with Gasteiger partial charge in [-0.3, -0.25) is 0 Å². The lowest BCUT2D eigenvalue weighted by Gasteiger charge is -2.22. The van der Waals surface area contributed by atoms with Crippen molar-refractivity contribution in [3.63, 3.8) is 0 Å². The Kier molecular flexibility index (Phi) is 5.64. The van der Waals surface area contributed by atoms with E-state index >= 15 is 0 Å². The average Bonchev–Trinajstić information content (AvgIpc) is 2.32.